The first-order chi connectivity index (χ1) is 10.2. The molecule has 0 radical (unpaired) electrons. The van der Waals surface area contributed by atoms with Crippen LogP contribution in [-0.2, 0) is 0 Å². The number of nitrogens with zero attached hydrogens (tertiary/aromatic N) is 1. The molecule has 1 heterocycles. The van der Waals surface area contributed by atoms with Gasteiger partial charge in [0.25, 0.3) is 0 Å². The Bertz CT molecular complexity index is 616. The second-order valence-corrected chi connectivity index (χ2v) is 6.12. The fourth-order valence-electron chi connectivity index (χ4n) is 3.24. The van der Waals surface area contributed by atoms with Crippen LogP contribution in [0.5, 0.6) is 0 Å². The largest absolute Gasteiger partial charge is 0.444 e. The molecule has 1 aromatic heterocycles. The zero-order valence-electron chi connectivity index (χ0n) is 12.7. The van der Waals surface area contributed by atoms with Crippen LogP contribution in [0.15, 0.2) is 52.9 Å². The lowest BCUT2D eigenvalue weighted by atomic mass is 9.84. The molecule has 2 atom stereocenters. The van der Waals surface area contributed by atoms with E-state index < -0.39 is 0 Å². The molecule has 1 aromatic carbocycles. The van der Waals surface area contributed by atoms with E-state index in [1.807, 2.05) is 6.07 Å². The Kier molecular flexibility index (Phi) is 4.09. The van der Waals surface area contributed by atoms with E-state index in [1.54, 1.807) is 6.20 Å². The fourth-order valence-corrected chi connectivity index (χ4v) is 3.24. The maximum Gasteiger partial charge on any atom is 0.181 e. The van der Waals surface area contributed by atoms with Crippen molar-refractivity contribution in [3.63, 3.8) is 0 Å². The number of hydrogen-bond acceptors (Lipinski definition) is 3. The highest BCUT2D eigenvalue weighted by atomic mass is 16.3. The molecule has 3 nitrogen and oxygen atoms in total. The lowest BCUT2D eigenvalue weighted by molar-refractivity contribution is 0.421. The number of rotatable bonds is 4. The summed E-state index contributed by atoms with van der Waals surface area (Å²) in [5, 5.41) is 3.57. The average molecular weight is 282 g/mol. The van der Waals surface area contributed by atoms with Crippen LogP contribution in [0, 0.1) is 11.8 Å². The van der Waals surface area contributed by atoms with Crippen LogP contribution in [0.2, 0.25) is 0 Å². The smallest absolute Gasteiger partial charge is 0.181 e. The van der Waals surface area contributed by atoms with Crippen LogP contribution in [0.4, 0.5) is 5.69 Å². The van der Waals surface area contributed by atoms with Gasteiger partial charge >= 0.3 is 0 Å². The molecule has 0 bridgehead atoms. The maximum atomic E-state index is 5.35. The Morgan fingerprint density at radius 1 is 1.38 bits per heavy atom. The molecule has 1 aliphatic carbocycles. The lowest BCUT2D eigenvalue weighted by Crippen LogP contribution is -2.20. The summed E-state index contributed by atoms with van der Waals surface area (Å²) >= 11 is 0. The van der Waals surface area contributed by atoms with Gasteiger partial charge in [0.05, 0.1) is 6.20 Å². The van der Waals surface area contributed by atoms with Crippen molar-refractivity contribution in [1.29, 1.82) is 0 Å². The topological polar surface area (TPSA) is 38.1 Å². The highest BCUT2D eigenvalue weighted by molar-refractivity contribution is 5.63. The van der Waals surface area contributed by atoms with Gasteiger partial charge in [0.2, 0.25) is 0 Å². The van der Waals surface area contributed by atoms with Gasteiger partial charge in [0, 0.05) is 17.8 Å². The summed E-state index contributed by atoms with van der Waals surface area (Å²) in [7, 11) is 0. The van der Waals surface area contributed by atoms with Crippen LogP contribution in [0.1, 0.15) is 26.7 Å². The van der Waals surface area contributed by atoms with Crippen molar-refractivity contribution >= 4 is 5.69 Å². The predicted octanol–water partition coefficient (Wildman–Crippen LogP) is 4.75. The zero-order valence-corrected chi connectivity index (χ0v) is 12.7. The van der Waals surface area contributed by atoms with E-state index in [9.17, 15) is 0 Å². The van der Waals surface area contributed by atoms with Gasteiger partial charge in [-0.05, 0) is 43.7 Å². The molecule has 110 valence electrons. The average Bonchev–Trinajstić information content (AvgIpc) is 2.99. The van der Waals surface area contributed by atoms with Crippen molar-refractivity contribution < 1.29 is 4.42 Å². The van der Waals surface area contributed by atoms with Crippen molar-refractivity contribution in [2.45, 2.75) is 26.7 Å². The third-order valence-corrected chi connectivity index (χ3v) is 4.06. The number of allylic oxidation sites excluding steroid dienone is 2. The van der Waals surface area contributed by atoms with Crippen LogP contribution >= 0.6 is 0 Å². The molecule has 0 aliphatic heterocycles. The molecular formula is C18H22N2O. The summed E-state index contributed by atoms with van der Waals surface area (Å²) < 4.78 is 5.35. The Morgan fingerprint density at radius 3 is 3.05 bits per heavy atom. The summed E-state index contributed by atoms with van der Waals surface area (Å²) in [5.41, 5.74) is 3.73. The van der Waals surface area contributed by atoms with Gasteiger partial charge in [-0.3, -0.25) is 0 Å². The van der Waals surface area contributed by atoms with Crippen molar-refractivity contribution in [2.75, 3.05) is 11.9 Å². The van der Waals surface area contributed by atoms with E-state index in [1.165, 1.54) is 24.8 Å². The summed E-state index contributed by atoms with van der Waals surface area (Å²) in [5.74, 6) is 2.23. The lowest BCUT2D eigenvalue weighted by Gasteiger charge is -2.26. The molecule has 0 saturated heterocycles. The number of anilines is 1. The highest BCUT2D eigenvalue weighted by Gasteiger charge is 2.17. The summed E-state index contributed by atoms with van der Waals surface area (Å²) in [6.45, 7) is 5.57. The van der Waals surface area contributed by atoms with Crippen molar-refractivity contribution in [3.8, 4) is 11.3 Å². The molecule has 2 aromatic rings. The molecule has 1 aliphatic rings. The Labute approximate surface area is 126 Å². The predicted molar refractivity (Wildman–Crippen MR) is 86.1 cm³/mol. The van der Waals surface area contributed by atoms with Crippen LogP contribution in [0.25, 0.3) is 11.3 Å². The number of aromatic nitrogens is 1. The minimum Gasteiger partial charge on any atom is -0.444 e. The first kappa shape index (κ1) is 13.9. The molecule has 0 amide bonds. The van der Waals surface area contributed by atoms with Crippen LogP contribution in [-0.4, -0.2) is 11.5 Å². The van der Waals surface area contributed by atoms with Crippen molar-refractivity contribution in [1.82, 2.24) is 4.98 Å². The first-order valence-electron chi connectivity index (χ1n) is 7.61. The standard InChI is InChI=1S/C18H22N2O/c1-13-6-14(2)8-15(7-13)10-20-17-5-3-4-16(9-17)18-11-19-12-21-18/h3-6,9,11-13,15,20H,7-8,10H2,1-2H3. The molecule has 0 fully saturated rings. The fraction of sp³-hybridized carbons (Fsp3) is 0.389. The SMILES string of the molecule is CC1=CC(C)CC(CNc2cccc(-c3cnco3)c2)C1. The molecule has 2 unspecified atom stereocenters. The Hall–Kier alpha value is -2.03. The number of hydrogen-bond donors (Lipinski definition) is 1. The second-order valence-electron chi connectivity index (χ2n) is 6.12. The maximum absolute atomic E-state index is 5.35. The van der Waals surface area contributed by atoms with E-state index in [0.717, 1.165) is 29.5 Å². The number of benzene rings is 1. The quantitative estimate of drug-likeness (QED) is 0.823. The van der Waals surface area contributed by atoms with Gasteiger partial charge in [-0.2, -0.15) is 0 Å². The molecule has 1 N–H and O–H groups in total. The third kappa shape index (κ3) is 3.54. The Morgan fingerprint density at radius 2 is 2.29 bits per heavy atom. The minimum absolute atomic E-state index is 0.700. The van der Waals surface area contributed by atoms with E-state index in [4.69, 9.17) is 4.42 Å². The van der Waals surface area contributed by atoms with Crippen LogP contribution in [0.3, 0.4) is 0 Å². The van der Waals surface area contributed by atoms with Crippen molar-refractivity contribution in [2.24, 2.45) is 11.8 Å². The van der Waals surface area contributed by atoms with E-state index in [2.05, 4.69) is 48.4 Å². The normalized spacial score (nSPS) is 21.9. The summed E-state index contributed by atoms with van der Waals surface area (Å²) in [6, 6.07) is 8.32. The first-order valence-corrected chi connectivity index (χ1v) is 7.61. The van der Waals surface area contributed by atoms with Gasteiger partial charge in [0.15, 0.2) is 12.2 Å². The zero-order chi connectivity index (χ0) is 14.7. The van der Waals surface area contributed by atoms with E-state index >= 15 is 0 Å². The van der Waals surface area contributed by atoms with Gasteiger partial charge in [-0.1, -0.05) is 30.7 Å². The van der Waals surface area contributed by atoms with Crippen molar-refractivity contribution in [3.05, 3.63) is 48.5 Å². The molecule has 0 spiro atoms. The van der Waals surface area contributed by atoms with Gasteiger partial charge < -0.3 is 9.73 Å². The molecule has 3 rings (SSSR count). The molecule has 21 heavy (non-hydrogen) atoms. The molecule has 3 heteroatoms. The van der Waals surface area contributed by atoms with E-state index in [0.29, 0.717) is 5.92 Å². The number of nitrogens with one attached hydrogen (secondary N) is 1. The summed E-state index contributed by atoms with van der Waals surface area (Å²) in [4.78, 5) is 3.97. The van der Waals surface area contributed by atoms with Gasteiger partial charge in [-0.15, -0.1) is 0 Å². The minimum atomic E-state index is 0.700. The third-order valence-electron chi connectivity index (χ3n) is 4.06. The highest BCUT2D eigenvalue weighted by Crippen LogP contribution is 2.28. The Balaban J connectivity index is 1.63. The molecular weight excluding hydrogens is 260 g/mol. The van der Waals surface area contributed by atoms with Gasteiger partial charge in [-0.25, -0.2) is 4.98 Å². The molecule has 0 saturated carbocycles. The van der Waals surface area contributed by atoms with Crippen LogP contribution < -0.4 is 5.32 Å². The van der Waals surface area contributed by atoms with Gasteiger partial charge in [0.1, 0.15) is 0 Å². The monoisotopic (exact) mass is 282 g/mol. The van der Waals surface area contributed by atoms with E-state index in [-0.39, 0.29) is 0 Å². The number of oxazole rings is 1. The second kappa shape index (κ2) is 6.17. The summed E-state index contributed by atoms with van der Waals surface area (Å²) in [6.07, 6.45) is 8.09.